The first-order valence-corrected chi connectivity index (χ1v) is 8.88. The van der Waals surface area contributed by atoms with Crippen LogP contribution in [0.3, 0.4) is 0 Å². The van der Waals surface area contributed by atoms with Gasteiger partial charge in [-0.15, -0.1) is 0 Å². The van der Waals surface area contributed by atoms with Crippen LogP contribution in [0.1, 0.15) is 39.9 Å². The van der Waals surface area contributed by atoms with E-state index in [1.54, 1.807) is 6.07 Å². The first-order chi connectivity index (χ1) is 12.6. The lowest BCUT2D eigenvalue weighted by Gasteiger charge is -2.39. The second-order valence-electron chi connectivity index (χ2n) is 6.76. The van der Waals surface area contributed by atoms with Crippen LogP contribution in [-0.2, 0) is 0 Å². The van der Waals surface area contributed by atoms with E-state index in [4.69, 9.17) is 21.1 Å². The third kappa shape index (κ3) is 2.20. The van der Waals surface area contributed by atoms with Gasteiger partial charge in [0.2, 0.25) is 6.79 Å². The summed E-state index contributed by atoms with van der Waals surface area (Å²) in [7, 11) is 0. The van der Waals surface area contributed by atoms with Gasteiger partial charge in [-0.05, 0) is 41.7 Å². The molecule has 0 unspecified atom stereocenters. The Kier molecular flexibility index (Phi) is 3.40. The maximum absolute atomic E-state index is 11.6. The van der Waals surface area contributed by atoms with Crippen LogP contribution in [-0.4, -0.2) is 12.8 Å². The van der Waals surface area contributed by atoms with Gasteiger partial charge in [0.05, 0.1) is 22.7 Å². The predicted octanol–water partition coefficient (Wildman–Crippen LogP) is 3.26. The molecule has 0 amide bonds. The molecule has 1 N–H and O–H groups in total. The molecule has 0 spiro atoms. The molecular formula is C20H15ClNO4-. The number of hydrogen-bond acceptors (Lipinski definition) is 5. The third-order valence-corrected chi connectivity index (χ3v) is 5.76. The molecule has 3 aliphatic rings. The largest absolute Gasteiger partial charge is 0.545 e. The summed E-state index contributed by atoms with van der Waals surface area (Å²) < 4.78 is 10.9. The van der Waals surface area contributed by atoms with Crippen LogP contribution in [0.4, 0.5) is 5.69 Å². The number of benzene rings is 2. The molecule has 1 aliphatic carbocycles. The number of carbonyl (C=O) groups excluding carboxylic acids is 1. The van der Waals surface area contributed by atoms with Crippen molar-refractivity contribution < 1.29 is 19.4 Å². The first-order valence-electron chi connectivity index (χ1n) is 8.50. The lowest BCUT2D eigenvalue weighted by atomic mass is 9.75. The number of carboxylic acids is 1. The Hall–Kier alpha value is -2.66. The minimum absolute atomic E-state index is 0.00787. The van der Waals surface area contributed by atoms with Crippen LogP contribution in [0, 0.1) is 5.92 Å². The summed E-state index contributed by atoms with van der Waals surface area (Å²) in [6.45, 7) is 0.230. The second kappa shape index (κ2) is 5.68. The number of carbonyl (C=O) groups is 1. The minimum Gasteiger partial charge on any atom is -0.545 e. The highest BCUT2D eigenvalue weighted by Crippen LogP contribution is 2.53. The van der Waals surface area contributed by atoms with Crippen molar-refractivity contribution in [3.8, 4) is 11.5 Å². The summed E-state index contributed by atoms with van der Waals surface area (Å²) in [6.07, 6.45) is 5.04. The van der Waals surface area contributed by atoms with E-state index < -0.39 is 5.97 Å². The normalized spacial score (nSPS) is 24.7. The molecule has 0 radical (unpaired) electrons. The van der Waals surface area contributed by atoms with E-state index in [9.17, 15) is 9.90 Å². The second-order valence-corrected chi connectivity index (χ2v) is 7.17. The smallest absolute Gasteiger partial charge is 0.231 e. The first kappa shape index (κ1) is 15.6. The minimum atomic E-state index is -1.18. The van der Waals surface area contributed by atoms with Gasteiger partial charge in [-0.2, -0.15) is 0 Å². The molecule has 132 valence electrons. The number of carboxylic acid groups (broad SMARTS) is 1. The highest BCUT2D eigenvalue weighted by Gasteiger charge is 2.40. The molecule has 0 saturated carbocycles. The number of ether oxygens (including phenoxy) is 2. The Morgan fingerprint density at radius 2 is 2.04 bits per heavy atom. The number of hydrogen-bond donors (Lipinski definition) is 1. The number of halogens is 1. The van der Waals surface area contributed by atoms with Crippen molar-refractivity contribution >= 4 is 23.3 Å². The molecule has 6 heteroatoms. The van der Waals surface area contributed by atoms with Crippen molar-refractivity contribution in [2.45, 2.75) is 18.4 Å². The zero-order valence-corrected chi connectivity index (χ0v) is 14.5. The molecule has 0 fully saturated rings. The van der Waals surface area contributed by atoms with Crippen LogP contribution in [0.15, 0.2) is 42.5 Å². The molecular weight excluding hydrogens is 354 g/mol. The third-order valence-electron chi connectivity index (χ3n) is 5.44. The Bertz CT molecular complexity index is 955. The maximum Gasteiger partial charge on any atom is 0.231 e. The van der Waals surface area contributed by atoms with Gasteiger partial charge < -0.3 is 24.7 Å². The quantitative estimate of drug-likeness (QED) is 0.824. The van der Waals surface area contributed by atoms with Crippen LogP contribution >= 0.6 is 11.6 Å². The van der Waals surface area contributed by atoms with Crippen molar-refractivity contribution in [3.63, 3.8) is 0 Å². The summed E-state index contributed by atoms with van der Waals surface area (Å²) >= 11 is 6.41. The van der Waals surface area contributed by atoms with E-state index in [0.717, 1.165) is 23.5 Å². The van der Waals surface area contributed by atoms with Crippen molar-refractivity contribution in [2.75, 3.05) is 12.1 Å². The van der Waals surface area contributed by atoms with Gasteiger partial charge in [-0.25, -0.2) is 0 Å². The summed E-state index contributed by atoms with van der Waals surface area (Å²) in [4.78, 5) is 11.6. The molecule has 2 heterocycles. The molecule has 0 saturated heterocycles. The van der Waals surface area contributed by atoms with Crippen molar-refractivity contribution in [3.05, 3.63) is 64.2 Å². The van der Waals surface area contributed by atoms with Gasteiger partial charge in [0.1, 0.15) is 0 Å². The lowest BCUT2D eigenvalue weighted by Crippen LogP contribution is -2.33. The summed E-state index contributed by atoms with van der Waals surface area (Å²) in [5.74, 6) is 0.462. The lowest BCUT2D eigenvalue weighted by molar-refractivity contribution is -0.255. The van der Waals surface area contributed by atoms with Crippen molar-refractivity contribution in [1.82, 2.24) is 0 Å². The van der Waals surface area contributed by atoms with Crippen molar-refractivity contribution in [2.24, 2.45) is 5.92 Å². The highest BCUT2D eigenvalue weighted by atomic mass is 35.5. The number of fused-ring (bicyclic) bond motifs is 4. The van der Waals surface area contributed by atoms with Gasteiger partial charge in [-0.3, -0.25) is 0 Å². The zero-order valence-electron chi connectivity index (χ0n) is 13.7. The van der Waals surface area contributed by atoms with Crippen LogP contribution < -0.4 is 19.9 Å². The monoisotopic (exact) mass is 368 g/mol. The van der Waals surface area contributed by atoms with E-state index in [2.05, 4.69) is 17.5 Å². The topological polar surface area (TPSA) is 70.6 Å². The van der Waals surface area contributed by atoms with Crippen LogP contribution in [0.25, 0.3) is 0 Å². The number of allylic oxidation sites excluding steroid dienone is 2. The number of nitrogens with one attached hydrogen (secondary N) is 1. The van der Waals surface area contributed by atoms with Gasteiger partial charge in [0.25, 0.3) is 0 Å². The number of anilines is 1. The Morgan fingerprint density at radius 3 is 2.88 bits per heavy atom. The van der Waals surface area contributed by atoms with Crippen LogP contribution in [0.5, 0.6) is 11.5 Å². The van der Waals surface area contributed by atoms with Gasteiger partial charge in [-0.1, -0.05) is 35.9 Å². The molecule has 3 atom stereocenters. The Labute approximate surface area is 155 Å². The van der Waals surface area contributed by atoms with Gasteiger partial charge >= 0.3 is 0 Å². The fraction of sp³-hybridized carbons (Fsp3) is 0.250. The van der Waals surface area contributed by atoms with E-state index in [-0.39, 0.29) is 30.2 Å². The van der Waals surface area contributed by atoms with E-state index in [1.807, 2.05) is 18.2 Å². The summed E-state index contributed by atoms with van der Waals surface area (Å²) in [5, 5.41) is 15.6. The van der Waals surface area contributed by atoms with Crippen LogP contribution in [0.2, 0.25) is 5.02 Å². The van der Waals surface area contributed by atoms with E-state index >= 15 is 0 Å². The molecule has 26 heavy (non-hydrogen) atoms. The molecule has 2 aromatic rings. The molecule has 0 bridgehead atoms. The maximum atomic E-state index is 11.6. The molecule has 0 aromatic heterocycles. The van der Waals surface area contributed by atoms with Crippen molar-refractivity contribution in [1.29, 1.82) is 0 Å². The number of aromatic carboxylic acids is 1. The zero-order chi connectivity index (χ0) is 17.8. The molecule has 2 aliphatic heterocycles. The Balaban J connectivity index is 1.64. The average molecular weight is 369 g/mol. The fourth-order valence-electron chi connectivity index (χ4n) is 4.29. The summed E-state index contributed by atoms with van der Waals surface area (Å²) in [5.41, 5.74) is 2.65. The predicted molar refractivity (Wildman–Crippen MR) is 94.7 cm³/mol. The van der Waals surface area contributed by atoms with Gasteiger partial charge in [0, 0.05) is 11.5 Å². The fourth-order valence-corrected chi connectivity index (χ4v) is 4.51. The summed E-state index contributed by atoms with van der Waals surface area (Å²) in [6, 6.07) is 9.03. The Morgan fingerprint density at radius 1 is 1.19 bits per heavy atom. The van der Waals surface area contributed by atoms with E-state index in [0.29, 0.717) is 16.3 Å². The molecule has 2 aromatic carbocycles. The highest BCUT2D eigenvalue weighted by molar-refractivity contribution is 6.33. The van der Waals surface area contributed by atoms with E-state index in [1.165, 1.54) is 6.07 Å². The molecule has 5 nitrogen and oxygen atoms in total. The SMILES string of the molecule is O=C([O-])c1ccc(Cl)c2c1[C@H]1C=CC[C@@H]1[C@@H](c1ccc3c(c1)OCO3)N2. The molecule has 5 rings (SSSR count). The average Bonchev–Trinajstić information content (AvgIpc) is 3.29. The number of rotatable bonds is 2. The standard InChI is InChI=1S/C20H16ClNO4/c21-14-6-5-13(20(23)24)17-11-2-1-3-12(11)18(22-19(14)17)10-4-7-15-16(8-10)26-9-25-15/h1-2,4-8,11-12,18,22H,3,9H2,(H,23,24)/p-1/t11-,12-,18+/m0/s1. The van der Waals surface area contributed by atoms with Gasteiger partial charge in [0.15, 0.2) is 11.5 Å².